The van der Waals surface area contributed by atoms with E-state index in [4.69, 9.17) is 23.7 Å². The summed E-state index contributed by atoms with van der Waals surface area (Å²) in [7, 11) is 0. The first kappa shape index (κ1) is 26.6. The number of aromatic hydroxyl groups is 1. The van der Waals surface area contributed by atoms with Gasteiger partial charge in [0, 0.05) is 6.42 Å². The van der Waals surface area contributed by atoms with Gasteiger partial charge in [0.15, 0.2) is 18.0 Å². The number of hydrogen-bond donors (Lipinski definition) is 6. The highest BCUT2D eigenvalue weighted by Crippen LogP contribution is 2.32. The van der Waals surface area contributed by atoms with Crippen LogP contribution in [0.1, 0.15) is 20.3 Å². The van der Waals surface area contributed by atoms with E-state index in [2.05, 4.69) is 0 Å². The van der Waals surface area contributed by atoms with Crippen molar-refractivity contribution in [2.75, 3.05) is 19.8 Å². The quantitative estimate of drug-likeness (QED) is 0.225. The van der Waals surface area contributed by atoms with Crippen molar-refractivity contribution in [3.63, 3.8) is 0 Å². The molecule has 192 valence electrons. The maximum Gasteiger partial charge on any atom is 0.306 e. The van der Waals surface area contributed by atoms with Gasteiger partial charge in [-0.15, -0.1) is 0 Å². The first-order valence-corrected chi connectivity index (χ1v) is 11.0. The number of aliphatic hydroxyl groups is 5. The molecule has 1 aromatic rings. The number of phenols is 1. The minimum absolute atomic E-state index is 0.00994. The highest BCUT2D eigenvalue weighted by Gasteiger charge is 2.54. The van der Waals surface area contributed by atoms with E-state index >= 15 is 0 Å². The second kappa shape index (κ2) is 11.1. The van der Waals surface area contributed by atoms with Gasteiger partial charge in [-0.3, -0.25) is 4.79 Å². The zero-order chi connectivity index (χ0) is 25.0. The van der Waals surface area contributed by atoms with Crippen molar-refractivity contribution in [2.24, 2.45) is 5.92 Å². The van der Waals surface area contributed by atoms with E-state index in [-0.39, 0.29) is 23.8 Å². The van der Waals surface area contributed by atoms with Crippen LogP contribution in [0.3, 0.4) is 0 Å². The second-order valence-electron chi connectivity index (χ2n) is 8.91. The predicted molar refractivity (Wildman–Crippen MR) is 112 cm³/mol. The molecule has 12 nitrogen and oxygen atoms in total. The number of rotatable bonds is 9. The van der Waals surface area contributed by atoms with E-state index in [0.717, 1.165) is 0 Å². The largest absolute Gasteiger partial charge is 0.508 e. The zero-order valence-electron chi connectivity index (χ0n) is 18.9. The smallest absolute Gasteiger partial charge is 0.306 e. The van der Waals surface area contributed by atoms with Crippen LogP contribution in [0.4, 0.5) is 0 Å². The molecule has 6 N–H and O–H groups in total. The van der Waals surface area contributed by atoms with Gasteiger partial charge in [-0.2, -0.15) is 0 Å². The summed E-state index contributed by atoms with van der Waals surface area (Å²) in [4.78, 5) is 11.8. The number of hydrogen-bond acceptors (Lipinski definition) is 12. The number of ether oxygens (including phenoxy) is 5. The van der Waals surface area contributed by atoms with Gasteiger partial charge in [-0.25, -0.2) is 0 Å². The number of aliphatic hydroxyl groups excluding tert-OH is 4. The van der Waals surface area contributed by atoms with Crippen LogP contribution in [0.5, 0.6) is 11.5 Å². The summed E-state index contributed by atoms with van der Waals surface area (Å²) < 4.78 is 27.3. The molecule has 3 rings (SSSR count). The first-order valence-electron chi connectivity index (χ1n) is 11.0. The van der Waals surface area contributed by atoms with Crippen LogP contribution in [-0.4, -0.2) is 105 Å². The van der Waals surface area contributed by atoms with Crippen molar-refractivity contribution in [1.29, 1.82) is 0 Å². The van der Waals surface area contributed by atoms with Gasteiger partial charge in [0.1, 0.15) is 42.5 Å². The molecule has 2 saturated heterocycles. The fourth-order valence-electron chi connectivity index (χ4n) is 3.60. The second-order valence-corrected chi connectivity index (χ2v) is 8.91. The SMILES string of the molecule is CC(C)CC(=O)OC[C@@]1(O)CO[C@@H](O[C@H]2[C@H](Oc3ccc(O)cc3)O[C@H](CO)[C@@H](O)[C@@H]2O)[C@@H]1O. The minimum Gasteiger partial charge on any atom is -0.508 e. The number of carbonyl (C=O) groups excluding carboxylic acids is 1. The van der Waals surface area contributed by atoms with E-state index in [1.807, 2.05) is 13.8 Å². The summed E-state index contributed by atoms with van der Waals surface area (Å²) in [6.45, 7) is 2.08. The Morgan fingerprint density at radius 1 is 1.15 bits per heavy atom. The monoisotopic (exact) mass is 488 g/mol. The maximum atomic E-state index is 11.8. The van der Waals surface area contributed by atoms with Crippen molar-refractivity contribution in [3.8, 4) is 11.5 Å². The summed E-state index contributed by atoms with van der Waals surface area (Å²) in [5.74, 6) is -0.283. The third-order valence-corrected chi connectivity index (χ3v) is 5.57. The van der Waals surface area contributed by atoms with Crippen LogP contribution in [0.25, 0.3) is 0 Å². The van der Waals surface area contributed by atoms with Gasteiger partial charge in [-0.1, -0.05) is 13.8 Å². The molecule has 1 aromatic carbocycles. The Morgan fingerprint density at radius 3 is 2.44 bits per heavy atom. The standard InChI is InChI=1S/C22H32O12/c1-11(2)7-15(25)30-9-22(29)10-31-21(19(22)28)34-18-17(27)16(26)14(8-23)33-20(18)32-13-5-3-12(24)4-6-13/h3-6,11,14,16-21,23-24,26-29H,7-10H2,1-2H3/t14-,16-,17+,18-,19+,20-,21+,22-/m1/s1. The maximum absolute atomic E-state index is 11.8. The van der Waals surface area contributed by atoms with Gasteiger partial charge in [0.25, 0.3) is 0 Å². The Balaban J connectivity index is 1.70. The Bertz CT molecular complexity index is 802. The van der Waals surface area contributed by atoms with E-state index in [9.17, 15) is 35.4 Å². The average molecular weight is 488 g/mol. The van der Waals surface area contributed by atoms with Gasteiger partial charge >= 0.3 is 5.97 Å². The average Bonchev–Trinajstić information content (AvgIpc) is 3.07. The fraction of sp³-hybridized carbons (Fsp3) is 0.682. The van der Waals surface area contributed by atoms with Crippen molar-refractivity contribution >= 4 is 5.97 Å². The number of benzene rings is 1. The third-order valence-electron chi connectivity index (χ3n) is 5.57. The first-order chi connectivity index (χ1) is 16.0. The minimum atomic E-state index is -1.96. The molecule has 2 aliphatic rings. The normalized spacial score (nSPS) is 35.9. The lowest BCUT2D eigenvalue weighted by Gasteiger charge is -2.42. The van der Waals surface area contributed by atoms with Crippen LogP contribution < -0.4 is 4.74 Å². The van der Waals surface area contributed by atoms with Crippen LogP contribution in [0.15, 0.2) is 24.3 Å². The summed E-state index contributed by atoms with van der Waals surface area (Å²) in [6.07, 6.45) is -10.2. The molecule has 0 spiro atoms. The molecular formula is C22H32O12. The fourth-order valence-corrected chi connectivity index (χ4v) is 3.60. The Hall–Kier alpha value is -2.03. The summed E-state index contributed by atoms with van der Waals surface area (Å²) in [5.41, 5.74) is -1.96. The Morgan fingerprint density at radius 2 is 1.82 bits per heavy atom. The number of phenolic OH excluding ortho intramolecular Hbond substituents is 1. The highest BCUT2D eigenvalue weighted by atomic mass is 16.8. The summed E-state index contributed by atoms with van der Waals surface area (Å²) >= 11 is 0. The summed E-state index contributed by atoms with van der Waals surface area (Å²) in [6, 6.07) is 5.55. The van der Waals surface area contributed by atoms with Crippen molar-refractivity contribution in [1.82, 2.24) is 0 Å². The lowest BCUT2D eigenvalue weighted by molar-refractivity contribution is -0.318. The molecule has 12 heteroatoms. The predicted octanol–water partition coefficient (Wildman–Crippen LogP) is -1.37. The molecule has 0 unspecified atom stereocenters. The Labute approximate surface area is 196 Å². The molecule has 34 heavy (non-hydrogen) atoms. The molecule has 2 heterocycles. The highest BCUT2D eigenvalue weighted by molar-refractivity contribution is 5.69. The zero-order valence-corrected chi connectivity index (χ0v) is 18.9. The third kappa shape index (κ3) is 6.15. The lowest BCUT2D eigenvalue weighted by Crippen LogP contribution is -2.62. The van der Waals surface area contributed by atoms with Crippen LogP contribution in [0, 0.1) is 5.92 Å². The number of esters is 1. The van der Waals surface area contributed by atoms with Crippen molar-refractivity contribution in [3.05, 3.63) is 24.3 Å². The van der Waals surface area contributed by atoms with E-state index in [1.165, 1.54) is 24.3 Å². The van der Waals surface area contributed by atoms with Crippen molar-refractivity contribution < 1.29 is 59.1 Å². The topological polar surface area (TPSA) is 185 Å². The molecule has 0 bridgehead atoms. The van der Waals surface area contributed by atoms with E-state index < -0.39 is 74.5 Å². The molecule has 2 fully saturated rings. The molecule has 2 aliphatic heterocycles. The van der Waals surface area contributed by atoms with Gasteiger partial charge in [0.2, 0.25) is 6.29 Å². The summed E-state index contributed by atoms with van der Waals surface area (Å²) in [5, 5.41) is 61.1. The van der Waals surface area contributed by atoms with Gasteiger partial charge in [0.05, 0.1) is 13.2 Å². The van der Waals surface area contributed by atoms with Gasteiger partial charge in [-0.05, 0) is 30.2 Å². The number of carbonyl (C=O) groups is 1. The lowest BCUT2D eigenvalue weighted by atomic mass is 9.98. The van der Waals surface area contributed by atoms with Crippen LogP contribution in [0.2, 0.25) is 0 Å². The molecule has 0 aliphatic carbocycles. The molecule has 0 amide bonds. The molecule has 8 atom stereocenters. The van der Waals surface area contributed by atoms with E-state index in [1.54, 1.807) is 0 Å². The van der Waals surface area contributed by atoms with Crippen LogP contribution >= 0.6 is 0 Å². The molecular weight excluding hydrogens is 456 g/mol. The van der Waals surface area contributed by atoms with Crippen molar-refractivity contribution in [2.45, 2.75) is 69.0 Å². The molecule has 0 saturated carbocycles. The van der Waals surface area contributed by atoms with E-state index in [0.29, 0.717) is 0 Å². The molecule has 0 radical (unpaired) electrons. The van der Waals surface area contributed by atoms with Gasteiger partial charge < -0.3 is 54.3 Å². The Kier molecular flexibility index (Phi) is 8.71. The van der Waals surface area contributed by atoms with Crippen LogP contribution in [-0.2, 0) is 23.7 Å². The molecule has 0 aromatic heterocycles.